The minimum Gasteiger partial charge on any atom is -0.333 e. The number of hydrogen-bond acceptors (Lipinski definition) is 3. The van der Waals surface area contributed by atoms with Gasteiger partial charge in [0.25, 0.3) is 0 Å². The second-order valence-electron chi connectivity index (χ2n) is 4.65. The van der Waals surface area contributed by atoms with E-state index in [9.17, 15) is 0 Å². The van der Waals surface area contributed by atoms with Crippen LogP contribution in [0, 0.1) is 0 Å². The molecular formula is C14H19Cl2N3S. The molecule has 2 aromatic heterocycles. The van der Waals surface area contributed by atoms with Crippen LogP contribution in [0.15, 0.2) is 18.5 Å². The fourth-order valence-corrected chi connectivity index (χ4v) is 3.72. The summed E-state index contributed by atoms with van der Waals surface area (Å²) in [5.74, 6) is 0.997. The first-order valence-electron chi connectivity index (χ1n) is 6.86. The maximum Gasteiger partial charge on any atom is 0.130 e. The van der Waals surface area contributed by atoms with Crippen LogP contribution in [0.4, 0.5) is 0 Å². The SMILES string of the molecule is CCCNC(c1cc(Cl)sc1Cl)c1nccn1CCC. The van der Waals surface area contributed by atoms with E-state index in [1.807, 2.05) is 18.5 Å². The molecule has 3 nitrogen and oxygen atoms in total. The van der Waals surface area contributed by atoms with E-state index in [1.54, 1.807) is 0 Å². The standard InChI is InChI=1S/C14H19Cl2N3S/c1-3-5-17-12(10-9-11(15)20-13(10)16)14-18-6-8-19(14)7-4-2/h6,8-9,12,17H,3-5,7H2,1-2H3. The predicted octanol–water partition coefficient (Wildman–Crippen LogP) is 4.75. The van der Waals surface area contributed by atoms with Gasteiger partial charge in [0, 0.05) is 24.5 Å². The summed E-state index contributed by atoms with van der Waals surface area (Å²) >= 11 is 13.8. The lowest BCUT2D eigenvalue weighted by Gasteiger charge is -2.19. The van der Waals surface area contributed by atoms with Gasteiger partial charge in [-0.2, -0.15) is 0 Å². The molecule has 0 saturated heterocycles. The Hall–Kier alpha value is -0.550. The zero-order valence-electron chi connectivity index (χ0n) is 11.7. The number of aryl methyl sites for hydroxylation is 1. The Morgan fingerprint density at radius 1 is 1.35 bits per heavy atom. The molecule has 0 fully saturated rings. The Kier molecular flexibility index (Phi) is 5.90. The fraction of sp³-hybridized carbons (Fsp3) is 0.500. The third-order valence-corrected chi connectivity index (χ3v) is 4.58. The number of halogens is 2. The molecule has 6 heteroatoms. The van der Waals surface area contributed by atoms with Crippen molar-refractivity contribution in [1.82, 2.24) is 14.9 Å². The molecule has 1 N–H and O–H groups in total. The van der Waals surface area contributed by atoms with Crippen LogP contribution in [0.1, 0.15) is 44.1 Å². The van der Waals surface area contributed by atoms with Gasteiger partial charge in [0.05, 0.1) is 14.7 Å². The molecule has 0 aliphatic rings. The Balaban J connectivity index is 2.36. The number of rotatable bonds is 7. The summed E-state index contributed by atoms with van der Waals surface area (Å²) in [5.41, 5.74) is 1.01. The molecule has 110 valence electrons. The largest absolute Gasteiger partial charge is 0.333 e. The Morgan fingerprint density at radius 2 is 2.15 bits per heavy atom. The fourth-order valence-electron chi connectivity index (χ4n) is 2.19. The summed E-state index contributed by atoms with van der Waals surface area (Å²) < 4.78 is 3.62. The Bertz CT molecular complexity index is 550. The molecule has 0 aromatic carbocycles. The minimum absolute atomic E-state index is 0.00671. The maximum absolute atomic E-state index is 6.32. The molecule has 0 aliphatic heterocycles. The zero-order valence-corrected chi connectivity index (χ0v) is 14.0. The second kappa shape index (κ2) is 7.46. The molecule has 0 aliphatic carbocycles. The van der Waals surface area contributed by atoms with Crippen molar-refractivity contribution in [3.63, 3.8) is 0 Å². The lowest BCUT2D eigenvalue weighted by Crippen LogP contribution is -2.26. The first-order valence-corrected chi connectivity index (χ1v) is 8.43. The van der Waals surface area contributed by atoms with Crippen molar-refractivity contribution < 1.29 is 0 Å². The first kappa shape index (κ1) is 15.8. The van der Waals surface area contributed by atoms with Crippen molar-refractivity contribution in [3.05, 3.63) is 38.5 Å². The van der Waals surface area contributed by atoms with E-state index in [0.29, 0.717) is 4.34 Å². The number of thiophene rings is 1. The van der Waals surface area contributed by atoms with E-state index in [-0.39, 0.29) is 6.04 Å². The molecule has 1 atom stereocenters. The third kappa shape index (κ3) is 3.55. The monoisotopic (exact) mass is 331 g/mol. The molecule has 20 heavy (non-hydrogen) atoms. The number of nitrogens with zero attached hydrogens (tertiary/aromatic N) is 2. The number of nitrogens with one attached hydrogen (secondary N) is 1. The highest BCUT2D eigenvalue weighted by atomic mass is 35.5. The highest BCUT2D eigenvalue weighted by molar-refractivity contribution is 7.20. The summed E-state index contributed by atoms with van der Waals surface area (Å²) in [6.45, 7) is 6.17. The molecule has 2 aromatic rings. The lowest BCUT2D eigenvalue weighted by molar-refractivity contribution is 0.531. The lowest BCUT2D eigenvalue weighted by atomic mass is 10.1. The molecule has 0 saturated carbocycles. The highest BCUT2D eigenvalue weighted by Crippen LogP contribution is 2.37. The topological polar surface area (TPSA) is 29.9 Å². The Labute approximate surface area is 133 Å². The predicted molar refractivity (Wildman–Crippen MR) is 87.0 cm³/mol. The van der Waals surface area contributed by atoms with Crippen molar-refractivity contribution in [2.75, 3.05) is 6.54 Å². The molecule has 2 heterocycles. The Morgan fingerprint density at radius 3 is 2.75 bits per heavy atom. The van der Waals surface area contributed by atoms with E-state index in [4.69, 9.17) is 23.2 Å². The van der Waals surface area contributed by atoms with E-state index in [1.165, 1.54) is 11.3 Å². The van der Waals surface area contributed by atoms with Crippen LogP contribution in [-0.4, -0.2) is 16.1 Å². The van der Waals surface area contributed by atoms with Gasteiger partial charge in [-0.1, -0.05) is 37.0 Å². The van der Waals surface area contributed by atoms with Crippen LogP contribution in [-0.2, 0) is 6.54 Å². The van der Waals surface area contributed by atoms with Crippen LogP contribution in [0.5, 0.6) is 0 Å². The third-order valence-electron chi connectivity index (χ3n) is 3.06. The normalized spacial score (nSPS) is 12.8. The molecule has 1 unspecified atom stereocenters. The molecule has 0 amide bonds. The van der Waals surface area contributed by atoms with E-state index >= 15 is 0 Å². The number of hydrogen-bond donors (Lipinski definition) is 1. The van der Waals surface area contributed by atoms with Crippen LogP contribution in [0.3, 0.4) is 0 Å². The van der Waals surface area contributed by atoms with Crippen molar-refractivity contribution in [1.29, 1.82) is 0 Å². The molecular weight excluding hydrogens is 313 g/mol. The first-order chi connectivity index (χ1) is 9.67. The molecule has 0 spiro atoms. The van der Waals surface area contributed by atoms with Gasteiger partial charge in [0.15, 0.2) is 0 Å². The van der Waals surface area contributed by atoms with E-state index < -0.39 is 0 Å². The van der Waals surface area contributed by atoms with Crippen molar-refractivity contribution in [2.24, 2.45) is 0 Å². The summed E-state index contributed by atoms with van der Waals surface area (Å²) in [7, 11) is 0. The molecule has 2 rings (SSSR count). The highest BCUT2D eigenvalue weighted by Gasteiger charge is 2.22. The van der Waals surface area contributed by atoms with E-state index in [2.05, 4.69) is 28.7 Å². The number of imidazole rings is 1. The minimum atomic E-state index is -0.00671. The van der Waals surface area contributed by atoms with Gasteiger partial charge >= 0.3 is 0 Å². The summed E-state index contributed by atoms with van der Waals surface area (Å²) in [6.07, 6.45) is 5.98. The molecule has 0 radical (unpaired) electrons. The maximum atomic E-state index is 6.32. The second-order valence-corrected chi connectivity index (χ2v) is 6.93. The van der Waals surface area contributed by atoms with E-state index in [0.717, 1.165) is 41.7 Å². The van der Waals surface area contributed by atoms with Gasteiger partial charge in [-0.25, -0.2) is 4.98 Å². The van der Waals surface area contributed by atoms with Crippen LogP contribution in [0.25, 0.3) is 0 Å². The van der Waals surface area contributed by atoms with Gasteiger partial charge in [0.1, 0.15) is 5.82 Å². The quantitative estimate of drug-likeness (QED) is 0.793. The summed E-state index contributed by atoms with van der Waals surface area (Å²) in [5, 5.41) is 3.52. The number of aromatic nitrogens is 2. The van der Waals surface area contributed by atoms with Crippen molar-refractivity contribution in [2.45, 2.75) is 39.3 Å². The van der Waals surface area contributed by atoms with Gasteiger partial charge in [-0.15, -0.1) is 11.3 Å². The summed E-state index contributed by atoms with van der Waals surface area (Å²) in [6, 6.07) is 1.93. The average molecular weight is 332 g/mol. The van der Waals surface area contributed by atoms with Gasteiger partial charge in [-0.05, 0) is 25.5 Å². The molecule has 0 bridgehead atoms. The van der Waals surface area contributed by atoms with Crippen molar-refractivity contribution in [3.8, 4) is 0 Å². The van der Waals surface area contributed by atoms with Gasteiger partial charge in [-0.3, -0.25) is 0 Å². The zero-order chi connectivity index (χ0) is 14.5. The summed E-state index contributed by atoms with van der Waals surface area (Å²) in [4.78, 5) is 4.52. The smallest absolute Gasteiger partial charge is 0.130 e. The van der Waals surface area contributed by atoms with Crippen LogP contribution in [0.2, 0.25) is 8.67 Å². The van der Waals surface area contributed by atoms with Gasteiger partial charge < -0.3 is 9.88 Å². The van der Waals surface area contributed by atoms with Crippen LogP contribution >= 0.6 is 34.5 Å². The average Bonchev–Trinajstić information content (AvgIpc) is 2.99. The van der Waals surface area contributed by atoms with Crippen molar-refractivity contribution >= 4 is 34.5 Å². The van der Waals surface area contributed by atoms with Gasteiger partial charge in [0.2, 0.25) is 0 Å². The van der Waals surface area contributed by atoms with Crippen LogP contribution < -0.4 is 5.32 Å².